The Hall–Kier alpha value is -1.55. The number of phenols is 1. The van der Waals surface area contributed by atoms with E-state index in [9.17, 15) is 15.0 Å². The third-order valence-corrected chi connectivity index (χ3v) is 4.64. The molecule has 1 saturated heterocycles. The van der Waals surface area contributed by atoms with E-state index in [0.717, 1.165) is 12.0 Å². The Morgan fingerprint density at radius 2 is 1.82 bits per heavy atom. The fourth-order valence-electron chi connectivity index (χ4n) is 3.15. The highest BCUT2D eigenvalue weighted by Crippen LogP contribution is 2.32. The van der Waals surface area contributed by atoms with Gasteiger partial charge in [-0.15, -0.1) is 0 Å². The Labute approximate surface area is 132 Å². The SMILES string of the molecule is CC(C)(Cc1ccc(O)cc1)C(=O)N1CCC(C(C)(C)O)C1. The normalized spacial score (nSPS) is 19.5. The quantitative estimate of drug-likeness (QED) is 0.899. The van der Waals surface area contributed by atoms with Gasteiger partial charge >= 0.3 is 0 Å². The van der Waals surface area contributed by atoms with Crippen molar-refractivity contribution in [3.05, 3.63) is 29.8 Å². The summed E-state index contributed by atoms with van der Waals surface area (Å²) in [6.07, 6.45) is 1.49. The molecule has 0 aliphatic carbocycles. The van der Waals surface area contributed by atoms with Crippen LogP contribution in [0.2, 0.25) is 0 Å². The van der Waals surface area contributed by atoms with Gasteiger partial charge in [-0.3, -0.25) is 4.79 Å². The predicted molar refractivity (Wildman–Crippen MR) is 86.6 cm³/mol. The van der Waals surface area contributed by atoms with E-state index in [2.05, 4.69) is 0 Å². The van der Waals surface area contributed by atoms with E-state index in [-0.39, 0.29) is 17.6 Å². The van der Waals surface area contributed by atoms with E-state index in [1.807, 2.05) is 44.7 Å². The first-order valence-corrected chi connectivity index (χ1v) is 7.89. The van der Waals surface area contributed by atoms with Gasteiger partial charge in [0.2, 0.25) is 5.91 Å². The molecule has 1 amide bonds. The highest BCUT2D eigenvalue weighted by Gasteiger charge is 2.39. The summed E-state index contributed by atoms with van der Waals surface area (Å²) in [6, 6.07) is 7.01. The summed E-state index contributed by atoms with van der Waals surface area (Å²) in [4.78, 5) is 14.7. The third kappa shape index (κ3) is 3.80. The van der Waals surface area contributed by atoms with Gasteiger partial charge in [-0.2, -0.15) is 0 Å². The van der Waals surface area contributed by atoms with E-state index in [1.165, 1.54) is 0 Å². The van der Waals surface area contributed by atoms with Crippen LogP contribution in [0, 0.1) is 11.3 Å². The number of nitrogens with zero attached hydrogens (tertiary/aromatic N) is 1. The first-order valence-electron chi connectivity index (χ1n) is 7.89. The number of rotatable bonds is 4. The molecule has 4 nitrogen and oxygen atoms in total. The molecule has 2 rings (SSSR count). The van der Waals surface area contributed by atoms with Crippen LogP contribution >= 0.6 is 0 Å². The van der Waals surface area contributed by atoms with Gasteiger partial charge in [-0.05, 0) is 44.4 Å². The van der Waals surface area contributed by atoms with Crippen molar-refractivity contribution in [3.8, 4) is 5.75 Å². The molecule has 0 radical (unpaired) electrons. The highest BCUT2D eigenvalue weighted by molar-refractivity contribution is 5.82. The monoisotopic (exact) mass is 305 g/mol. The average molecular weight is 305 g/mol. The maximum atomic E-state index is 12.8. The minimum absolute atomic E-state index is 0.132. The summed E-state index contributed by atoms with van der Waals surface area (Å²) in [7, 11) is 0. The third-order valence-electron chi connectivity index (χ3n) is 4.64. The van der Waals surface area contributed by atoms with Crippen molar-refractivity contribution in [3.63, 3.8) is 0 Å². The van der Waals surface area contributed by atoms with Gasteiger partial charge in [0.15, 0.2) is 0 Å². The van der Waals surface area contributed by atoms with Gasteiger partial charge in [-0.25, -0.2) is 0 Å². The van der Waals surface area contributed by atoms with E-state index < -0.39 is 11.0 Å². The molecule has 22 heavy (non-hydrogen) atoms. The van der Waals surface area contributed by atoms with Crippen molar-refractivity contribution in [2.45, 2.75) is 46.1 Å². The molecule has 0 bridgehead atoms. The molecule has 1 aliphatic heterocycles. The Kier molecular flexibility index (Phi) is 4.52. The van der Waals surface area contributed by atoms with Crippen molar-refractivity contribution in [2.24, 2.45) is 11.3 Å². The number of likely N-dealkylation sites (tertiary alicyclic amines) is 1. The molecular weight excluding hydrogens is 278 g/mol. The summed E-state index contributed by atoms with van der Waals surface area (Å²) in [5.74, 6) is 0.508. The number of carbonyl (C=O) groups is 1. The second kappa shape index (κ2) is 5.92. The lowest BCUT2D eigenvalue weighted by Crippen LogP contribution is -2.42. The van der Waals surface area contributed by atoms with Crippen molar-refractivity contribution in [1.29, 1.82) is 0 Å². The smallest absolute Gasteiger partial charge is 0.228 e. The molecular formula is C18H27NO3. The number of phenolic OH excluding ortho intramolecular Hbond substituents is 1. The molecule has 1 heterocycles. The number of hydrogen-bond donors (Lipinski definition) is 2. The van der Waals surface area contributed by atoms with Crippen LogP contribution in [0.15, 0.2) is 24.3 Å². The molecule has 0 saturated carbocycles. The van der Waals surface area contributed by atoms with Crippen molar-refractivity contribution >= 4 is 5.91 Å². The topological polar surface area (TPSA) is 60.8 Å². The Balaban J connectivity index is 2.03. The highest BCUT2D eigenvalue weighted by atomic mass is 16.3. The van der Waals surface area contributed by atoms with Crippen LogP contribution in [0.5, 0.6) is 5.75 Å². The molecule has 0 spiro atoms. The molecule has 4 heteroatoms. The standard InChI is InChI=1S/C18H27NO3/c1-17(2,11-13-5-7-15(20)8-6-13)16(21)19-10-9-14(12-19)18(3,4)22/h5-8,14,20,22H,9-12H2,1-4H3. The fourth-order valence-corrected chi connectivity index (χ4v) is 3.15. The number of hydrogen-bond acceptors (Lipinski definition) is 3. The van der Waals surface area contributed by atoms with Crippen molar-refractivity contribution in [2.75, 3.05) is 13.1 Å². The van der Waals surface area contributed by atoms with E-state index >= 15 is 0 Å². The zero-order valence-corrected chi connectivity index (χ0v) is 14.0. The number of benzene rings is 1. The fraction of sp³-hybridized carbons (Fsp3) is 0.611. The molecule has 1 aromatic rings. The predicted octanol–water partition coefficient (Wildman–Crippen LogP) is 2.58. The molecule has 1 fully saturated rings. The summed E-state index contributed by atoms with van der Waals surface area (Å²) < 4.78 is 0. The van der Waals surface area contributed by atoms with Gasteiger partial charge in [0.25, 0.3) is 0 Å². The number of carbonyl (C=O) groups excluding carboxylic acids is 1. The van der Waals surface area contributed by atoms with Crippen LogP contribution in [-0.4, -0.2) is 39.7 Å². The van der Waals surface area contributed by atoms with Crippen molar-refractivity contribution < 1.29 is 15.0 Å². The van der Waals surface area contributed by atoms with Crippen LogP contribution in [0.3, 0.4) is 0 Å². The van der Waals surface area contributed by atoms with Crippen LogP contribution < -0.4 is 0 Å². The molecule has 0 aromatic heterocycles. The Morgan fingerprint density at radius 3 is 2.32 bits per heavy atom. The Bertz CT molecular complexity index is 528. The minimum atomic E-state index is -0.740. The zero-order chi connectivity index (χ0) is 16.5. The van der Waals surface area contributed by atoms with Crippen LogP contribution in [0.4, 0.5) is 0 Å². The lowest BCUT2D eigenvalue weighted by atomic mass is 9.84. The summed E-state index contributed by atoms with van der Waals surface area (Å²) in [5.41, 5.74) is -0.198. The summed E-state index contributed by atoms with van der Waals surface area (Å²) >= 11 is 0. The van der Waals surface area contributed by atoms with Crippen molar-refractivity contribution in [1.82, 2.24) is 4.90 Å². The molecule has 1 atom stereocenters. The van der Waals surface area contributed by atoms with Gasteiger partial charge < -0.3 is 15.1 Å². The number of amides is 1. The van der Waals surface area contributed by atoms with E-state index in [0.29, 0.717) is 19.5 Å². The molecule has 122 valence electrons. The van der Waals surface area contributed by atoms with E-state index in [4.69, 9.17) is 0 Å². The van der Waals surface area contributed by atoms with Gasteiger partial charge in [-0.1, -0.05) is 26.0 Å². The first-order chi connectivity index (χ1) is 10.1. The van der Waals surface area contributed by atoms with Gasteiger partial charge in [0.1, 0.15) is 5.75 Å². The zero-order valence-electron chi connectivity index (χ0n) is 14.0. The molecule has 2 N–H and O–H groups in total. The molecule has 1 aromatic carbocycles. The minimum Gasteiger partial charge on any atom is -0.508 e. The van der Waals surface area contributed by atoms with Crippen LogP contribution in [0.1, 0.15) is 39.7 Å². The second-order valence-corrected chi connectivity index (χ2v) is 7.62. The summed E-state index contributed by atoms with van der Waals surface area (Å²) in [6.45, 7) is 8.88. The molecule has 1 unspecified atom stereocenters. The van der Waals surface area contributed by atoms with Crippen LogP contribution in [0.25, 0.3) is 0 Å². The number of aromatic hydroxyl groups is 1. The van der Waals surface area contributed by atoms with Gasteiger partial charge in [0.05, 0.1) is 5.60 Å². The number of aliphatic hydroxyl groups is 1. The first kappa shape index (κ1) is 16.8. The van der Waals surface area contributed by atoms with E-state index in [1.54, 1.807) is 12.1 Å². The largest absolute Gasteiger partial charge is 0.508 e. The lowest BCUT2D eigenvalue weighted by molar-refractivity contribution is -0.139. The summed E-state index contributed by atoms with van der Waals surface area (Å²) in [5, 5.41) is 19.5. The Morgan fingerprint density at radius 1 is 1.23 bits per heavy atom. The van der Waals surface area contributed by atoms with Gasteiger partial charge in [0, 0.05) is 24.4 Å². The maximum Gasteiger partial charge on any atom is 0.228 e. The maximum absolute atomic E-state index is 12.8. The second-order valence-electron chi connectivity index (χ2n) is 7.62. The average Bonchev–Trinajstić information content (AvgIpc) is 2.90. The van der Waals surface area contributed by atoms with Crippen LogP contribution in [-0.2, 0) is 11.2 Å². The lowest BCUT2D eigenvalue weighted by Gasteiger charge is -2.31. The molecule has 1 aliphatic rings.